The molecular weight excluding hydrogens is 314 g/mol. The van der Waals surface area contributed by atoms with Gasteiger partial charge in [-0.15, -0.1) is 0 Å². The van der Waals surface area contributed by atoms with Gasteiger partial charge in [0.15, 0.2) is 0 Å². The maximum atomic E-state index is 12.3. The number of aromatic nitrogens is 1. The Balaban J connectivity index is 1.67. The zero-order valence-electron chi connectivity index (χ0n) is 14.6. The molecule has 2 aromatic rings. The number of nitrogens with zero attached hydrogens (tertiary/aromatic N) is 2. The Bertz CT molecular complexity index is 774. The SMILES string of the molecule is C[C@@H]1COCCN1c1cc(N2CCCC2c2ccccc2)[nH]c(=O)c1. The van der Waals surface area contributed by atoms with Gasteiger partial charge >= 0.3 is 0 Å². The molecule has 1 unspecified atom stereocenters. The topological polar surface area (TPSA) is 48.6 Å². The fourth-order valence-corrected chi connectivity index (χ4v) is 4.02. The number of hydrogen-bond acceptors (Lipinski definition) is 4. The predicted octanol–water partition coefficient (Wildman–Crippen LogP) is 2.94. The fraction of sp³-hybridized carbons (Fsp3) is 0.450. The summed E-state index contributed by atoms with van der Waals surface area (Å²) >= 11 is 0. The number of H-pyrrole nitrogens is 1. The molecule has 2 aliphatic rings. The molecule has 0 radical (unpaired) electrons. The maximum absolute atomic E-state index is 12.3. The lowest BCUT2D eigenvalue weighted by Crippen LogP contribution is -2.44. The van der Waals surface area contributed by atoms with Crippen molar-refractivity contribution in [2.75, 3.05) is 36.1 Å². The molecule has 3 heterocycles. The number of ether oxygens (including phenoxy) is 1. The first-order valence-electron chi connectivity index (χ1n) is 9.13. The molecule has 0 aliphatic carbocycles. The number of anilines is 2. The van der Waals surface area contributed by atoms with Crippen LogP contribution in [-0.2, 0) is 4.74 Å². The summed E-state index contributed by atoms with van der Waals surface area (Å²) in [7, 11) is 0. The van der Waals surface area contributed by atoms with Gasteiger partial charge < -0.3 is 19.5 Å². The fourth-order valence-electron chi connectivity index (χ4n) is 4.02. The molecule has 0 amide bonds. The predicted molar refractivity (Wildman–Crippen MR) is 100 cm³/mol. The second-order valence-corrected chi connectivity index (χ2v) is 6.97. The van der Waals surface area contributed by atoms with Gasteiger partial charge in [0.2, 0.25) is 0 Å². The van der Waals surface area contributed by atoms with E-state index in [9.17, 15) is 4.79 Å². The highest BCUT2D eigenvalue weighted by atomic mass is 16.5. The van der Waals surface area contributed by atoms with Crippen molar-refractivity contribution in [1.29, 1.82) is 0 Å². The van der Waals surface area contributed by atoms with Crippen LogP contribution in [0.2, 0.25) is 0 Å². The Kier molecular flexibility index (Phi) is 4.49. The van der Waals surface area contributed by atoms with Crippen LogP contribution in [0.15, 0.2) is 47.3 Å². The highest BCUT2D eigenvalue weighted by Gasteiger charge is 2.28. The van der Waals surface area contributed by atoms with E-state index in [-0.39, 0.29) is 11.6 Å². The third-order valence-corrected chi connectivity index (χ3v) is 5.26. The average molecular weight is 339 g/mol. The highest BCUT2D eigenvalue weighted by Crippen LogP contribution is 2.36. The number of morpholine rings is 1. The molecule has 0 saturated carbocycles. The van der Waals surface area contributed by atoms with Gasteiger partial charge in [-0.3, -0.25) is 4.79 Å². The van der Waals surface area contributed by atoms with Crippen molar-refractivity contribution in [2.24, 2.45) is 0 Å². The van der Waals surface area contributed by atoms with E-state index in [0.29, 0.717) is 19.3 Å². The third-order valence-electron chi connectivity index (χ3n) is 5.26. The standard InChI is InChI=1S/C20H25N3O2/c1-15-14-25-11-10-22(15)17-12-19(21-20(24)13-17)23-9-5-8-18(23)16-6-3-2-4-7-16/h2-4,6-7,12-13,15,18H,5,8-11,14H2,1H3,(H,21,24)/t15-,18?/m1/s1. The normalized spacial score (nSPS) is 23.9. The monoisotopic (exact) mass is 339 g/mol. The molecule has 5 heteroatoms. The van der Waals surface area contributed by atoms with E-state index in [0.717, 1.165) is 37.4 Å². The first-order chi connectivity index (χ1) is 12.2. The van der Waals surface area contributed by atoms with Crippen molar-refractivity contribution in [3.63, 3.8) is 0 Å². The maximum Gasteiger partial charge on any atom is 0.251 e. The molecule has 2 saturated heterocycles. The van der Waals surface area contributed by atoms with Crippen LogP contribution in [0, 0.1) is 0 Å². The van der Waals surface area contributed by atoms with E-state index >= 15 is 0 Å². The van der Waals surface area contributed by atoms with Crippen molar-refractivity contribution in [2.45, 2.75) is 31.8 Å². The van der Waals surface area contributed by atoms with E-state index in [4.69, 9.17) is 4.74 Å². The van der Waals surface area contributed by atoms with Crippen molar-refractivity contribution in [3.05, 3.63) is 58.4 Å². The minimum Gasteiger partial charge on any atom is -0.377 e. The summed E-state index contributed by atoms with van der Waals surface area (Å²) in [5.74, 6) is 0.924. The molecule has 0 spiro atoms. The molecule has 0 bridgehead atoms. The average Bonchev–Trinajstić information content (AvgIpc) is 3.12. The van der Waals surface area contributed by atoms with Crippen LogP contribution in [-0.4, -0.2) is 37.3 Å². The van der Waals surface area contributed by atoms with Crippen molar-refractivity contribution in [3.8, 4) is 0 Å². The van der Waals surface area contributed by atoms with Crippen molar-refractivity contribution < 1.29 is 4.74 Å². The van der Waals surface area contributed by atoms with Gasteiger partial charge in [-0.1, -0.05) is 30.3 Å². The Morgan fingerprint density at radius 2 is 1.96 bits per heavy atom. The summed E-state index contributed by atoms with van der Waals surface area (Å²) in [6, 6.07) is 15.0. The second-order valence-electron chi connectivity index (χ2n) is 6.97. The first-order valence-corrected chi connectivity index (χ1v) is 9.13. The van der Waals surface area contributed by atoms with Crippen LogP contribution in [0.4, 0.5) is 11.5 Å². The minimum atomic E-state index is -0.0371. The molecule has 1 N–H and O–H groups in total. The summed E-state index contributed by atoms with van der Waals surface area (Å²) in [5.41, 5.74) is 2.27. The number of benzene rings is 1. The largest absolute Gasteiger partial charge is 0.377 e. The summed E-state index contributed by atoms with van der Waals surface area (Å²) in [6.07, 6.45) is 2.25. The summed E-state index contributed by atoms with van der Waals surface area (Å²) in [6.45, 7) is 5.35. The zero-order valence-corrected chi connectivity index (χ0v) is 14.6. The van der Waals surface area contributed by atoms with Crippen LogP contribution < -0.4 is 15.4 Å². The van der Waals surface area contributed by atoms with Gasteiger partial charge in [-0.25, -0.2) is 0 Å². The van der Waals surface area contributed by atoms with Crippen molar-refractivity contribution >= 4 is 11.5 Å². The van der Waals surface area contributed by atoms with E-state index in [1.807, 2.05) is 6.07 Å². The Morgan fingerprint density at radius 1 is 1.12 bits per heavy atom. The van der Waals surface area contributed by atoms with Crippen LogP contribution in [0.1, 0.15) is 31.4 Å². The second kappa shape index (κ2) is 6.92. The number of hydrogen-bond donors (Lipinski definition) is 1. The molecule has 132 valence electrons. The molecule has 2 atom stereocenters. The summed E-state index contributed by atoms with van der Waals surface area (Å²) < 4.78 is 5.53. The molecule has 5 nitrogen and oxygen atoms in total. The van der Waals surface area contributed by atoms with Gasteiger partial charge in [-0.2, -0.15) is 0 Å². The van der Waals surface area contributed by atoms with E-state index in [1.165, 1.54) is 5.56 Å². The zero-order chi connectivity index (χ0) is 17.2. The smallest absolute Gasteiger partial charge is 0.251 e. The van der Waals surface area contributed by atoms with E-state index in [1.54, 1.807) is 6.07 Å². The van der Waals surface area contributed by atoms with Gasteiger partial charge in [0, 0.05) is 37.0 Å². The quantitative estimate of drug-likeness (QED) is 0.934. The van der Waals surface area contributed by atoms with Crippen LogP contribution in [0.5, 0.6) is 0 Å². The summed E-state index contributed by atoms with van der Waals surface area (Å²) in [4.78, 5) is 20.0. The Morgan fingerprint density at radius 3 is 2.76 bits per heavy atom. The Hall–Kier alpha value is -2.27. The van der Waals surface area contributed by atoms with Crippen LogP contribution in [0.3, 0.4) is 0 Å². The van der Waals surface area contributed by atoms with E-state index < -0.39 is 0 Å². The molecular formula is C20H25N3O2. The van der Waals surface area contributed by atoms with Crippen LogP contribution >= 0.6 is 0 Å². The highest BCUT2D eigenvalue weighted by molar-refractivity contribution is 5.57. The lowest BCUT2D eigenvalue weighted by atomic mass is 10.0. The number of aromatic amines is 1. The lowest BCUT2D eigenvalue weighted by molar-refractivity contribution is 0.0989. The molecule has 1 aromatic heterocycles. The molecule has 2 fully saturated rings. The number of pyridine rings is 1. The summed E-state index contributed by atoms with van der Waals surface area (Å²) in [5, 5.41) is 0. The first kappa shape index (κ1) is 16.2. The molecule has 25 heavy (non-hydrogen) atoms. The number of rotatable bonds is 3. The van der Waals surface area contributed by atoms with Crippen LogP contribution in [0.25, 0.3) is 0 Å². The molecule has 2 aliphatic heterocycles. The molecule has 1 aromatic carbocycles. The van der Waals surface area contributed by atoms with E-state index in [2.05, 4.69) is 52.0 Å². The van der Waals surface area contributed by atoms with Gasteiger partial charge in [-0.05, 0) is 25.3 Å². The lowest BCUT2D eigenvalue weighted by Gasteiger charge is -2.36. The Labute approximate surface area is 148 Å². The van der Waals surface area contributed by atoms with Gasteiger partial charge in [0.25, 0.3) is 5.56 Å². The third kappa shape index (κ3) is 3.29. The van der Waals surface area contributed by atoms with Crippen molar-refractivity contribution in [1.82, 2.24) is 4.98 Å². The molecule has 4 rings (SSSR count). The van der Waals surface area contributed by atoms with Gasteiger partial charge in [0.05, 0.1) is 19.3 Å². The number of nitrogens with one attached hydrogen (secondary N) is 1. The van der Waals surface area contributed by atoms with Gasteiger partial charge in [0.1, 0.15) is 5.82 Å². The minimum absolute atomic E-state index is 0.0371.